The van der Waals surface area contributed by atoms with Crippen LogP contribution in [0.5, 0.6) is 0 Å². The normalized spacial score (nSPS) is 18.4. The summed E-state index contributed by atoms with van der Waals surface area (Å²) in [6, 6.07) is 0.0110. The maximum Gasteiger partial charge on any atom is 0.358 e. The van der Waals surface area contributed by atoms with E-state index in [4.69, 9.17) is 5.11 Å². The summed E-state index contributed by atoms with van der Waals surface area (Å²) in [6.45, 7) is 4.52. The van der Waals surface area contributed by atoms with E-state index >= 15 is 0 Å². The second-order valence-electron chi connectivity index (χ2n) is 5.09. The van der Waals surface area contributed by atoms with Gasteiger partial charge in [0, 0.05) is 31.8 Å². The average Bonchev–Trinajstić information content (AvgIpc) is 2.73. The van der Waals surface area contributed by atoms with E-state index in [0.717, 1.165) is 24.2 Å². The van der Waals surface area contributed by atoms with Gasteiger partial charge in [-0.05, 0) is 12.5 Å². The molecule has 3 heterocycles. The highest BCUT2D eigenvalue weighted by Gasteiger charge is 2.34. The lowest BCUT2D eigenvalue weighted by molar-refractivity contribution is -0.133. The van der Waals surface area contributed by atoms with Crippen LogP contribution >= 0.6 is 0 Å². The number of aromatic carboxylic acids is 1. The lowest BCUT2D eigenvalue weighted by atomic mass is 10.0. The van der Waals surface area contributed by atoms with Gasteiger partial charge < -0.3 is 15.3 Å². The van der Waals surface area contributed by atoms with Crippen molar-refractivity contribution in [3.8, 4) is 0 Å². The summed E-state index contributed by atoms with van der Waals surface area (Å²) >= 11 is 0. The molecule has 0 aromatic carbocycles. The summed E-state index contributed by atoms with van der Waals surface area (Å²) in [5.74, 6) is -1.04. The second-order valence-corrected chi connectivity index (χ2v) is 5.09. The molecule has 106 valence electrons. The first-order valence-corrected chi connectivity index (χ1v) is 6.40. The van der Waals surface area contributed by atoms with Crippen LogP contribution in [0, 0.1) is 0 Å². The Balaban J connectivity index is 1.60. The molecule has 8 heteroatoms. The lowest BCUT2D eigenvalue weighted by Crippen LogP contribution is -2.52. The van der Waals surface area contributed by atoms with Gasteiger partial charge in [-0.15, -0.1) is 5.10 Å². The average molecular weight is 277 g/mol. The van der Waals surface area contributed by atoms with Gasteiger partial charge in [0.05, 0.1) is 12.2 Å². The van der Waals surface area contributed by atoms with Crippen molar-refractivity contribution in [1.82, 2.24) is 25.2 Å². The van der Waals surface area contributed by atoms with Crippen molar-refractivity contribution in [1.29, 1.82) is 0 Å². The van der Waals surface area contributed by atoms with Crippen LogP contribution in [0.2, 0.25) is 0 Å². The van der Waals surface area contributed by atoms with Gasteiger partial charge in [0.15, 0.2) is 5.69 Å². The number of nitrogens with zero attached hydrogens (tertiary/aromatic N) is 4. The number of hydrogen-bond acceptors (Lipinski definition) is 5. The van der Waals surface area contributed by atoms with Crippen molar-refractivity contribution in [3.63, 3.8) is 0 Å². The minimum Gasteiger partial charge on any atom is -0.476 e. The maximum absolute atomic E-state index is 12.2. The highest BCUT2D eigenvalue weighted by atomic mass is 16.4. The third-order valence-electron chi connectivity index (χ3n) is 3.78. The van der Waals surface area contributed by atoms with Gasteiger partial charge in [-0.2, -0.15) is 0 Å². The van der Waals surface area contributed by atoms with Gasteiger partial charge in [-0.1, -0.05) is 5.21 Å². The smallest absolute Gasteiger partial charge is 0.358 e. The molecule has 2 aliphatic rings. The predicted molar refractivity (Wildman–Crippen MR) is 68.2 cm³/mol. The Morgan fingerprint density at radius 2 is 2.10 bits per heavy atom. The SMILES string of the molecule is CC(C(=O)N1CC(n2cc(C(=O)O)nn2)C1)=C1CNC1. The first kappa shape index (κ1) is 12.8. The molecule has 2 fully saturated rings. The van der Waals surface area contributed by atoms with Gasteiger partial charge in [0.1, 0.15) is 0 Å². The number of aromatic nitrogens is 3. The number of likely N-dealkylation sites (tertiary alicyclic amines) is 1. The molecule has 0 bridgehead atoms. The number of rotatable bonds is 3. The summed E-state index contributed by atoms with van der Waals surface area (Å²) in [4.78, 5) is 24.6. The van der Waals surface area contributed by atoms with Gasteiger partial charge in [-0.25, -0.2) is 9.48 Å². The van der Waals surface area contributed by atoms with E-state index in [9.17, 15) is 9.59 Å². The van der Waals surface area contributed by atoms with E-state index in [2.05, 4.69) is 15.6 Å². The monoisotopic (exact) mass is 277 g/mol. The maximum atomic E-state index is 12.2. The van der Waals surface area contributed by atoms with Crippen LogP contribution in [0.25, 0.3) is 0 Å². The molecule has 2 aliphatic heterocycles. The standard InChI is InChI=1S/C12H15N5O3/c1-7(8-2-13-3-8)11(18)16-4-9(5-16)17-6-10(12(19)20)14-15-17/h6,9,13H,2-5H2,1H3,(H,19,20). The highest BCUT2D eigenvalue weighted by molar-refractivity contribution is 5.94. The molecule has 0 spiro atoms. The van der Waals surface area contributed by atoms with Crippen molar-refractivity contribution in [2.45, 2.75) is 13.0 Å². The molecule has 3 rings (SSSR count). The Labute approximate surface area is 115 Å². The lowest BCUT2D eigenvalue weighted by Gasteiger charge is -2.39. The molecular weight excluding hydrogens is 262 g/mol. The summed E-state index contributed by atoms with van der Waals surface area (Å²) in [5.41, 5.74) is 1.90. The van der Waals surface area contributed by atoms with Gasteiger partial charge in [-0.3, -0.25) is 4.79 Å². The Kier molecular flexibility index (Phi) is 3.01. The van der Waals surface area contributed by atoms with E-state index in [1.807, 2.05) is 6.92 Å². The number of amides is 1. The van der Waals surface area contributed by atoms with E-state index in [0.29, 0.717) is 13.1 Å². The largest absolute Gasteiger partial charge is 0.476 e. The molecule has 1 aromatic heterocycles. The molecule has 0 saturated carbocycles. The van der Waals surface area contributed by atoms with Crippen LogP contribution in [0.4, 0.5) is 0 Å². The van der Waals surface area contributed by atoms with Crippen molar-refractivity contribution < 1.29 is 14.7 Å². The number of hydrogen-bond donors (Lipinski definition) is 2. The fourth-order valence-corrected chi connectivity index (χ4v) is 2.25. The number of carbonyl (C=O) groups is 2. The zero-order valence-corrected chi connectivity index (χ0v) is 11.0. The third-order valence-corrected chi connectivity index (χ3v) is 3.78. The molecule has 20 heavy (non-hydrogen) atoms. The molecule has 2 saturated heterocycles. The van der Waals surface area contributed by atoms with Crippen molar-refractivity contribution in [2.75, 3.05) is 26.2 Å². The Bertz CT molecular complexity index is 594. The minimum absolute atomic E-state index is 0.0110. The minimum atomic E-state index is -1.10. The molecular formula is C12H15N5O3. The number of nitrogens with one attached hydrogen (secondary N) is 1. The van der Waals surface area contributed by atoms with Crippen molar-refractivity contribution in [2.24, 2.45) is 0 Å². The number of carbonyl (C=O) groups excluding carboxylic acids is 1. The molecule has 1 amide bonds. The van der Waals surface area contributed by atoms with Crippen molar-refractivity contribution in [3.05, 3.63) is 23.0 Å². The first-order chi connectivity index (χ1) is 9.56. The van der Waals surface area contributed by atoms with E-state index in [-0.39, 0.29) is 17.6 Å². The summed E-state index contributed by atoms with van der Waals surface area (Å²) in [7, 11) is 0. The van der Waals surface area contributed by atoms with Crippen molar-refractivity contribution >= 4 is 11.9 Å². The number of carboxylic acids is 1. The number of carboxylic acid groups (broad SMARTS) is 1. The van der Waals surface area contributed by atoms with E-state index in [1.54, 1.807) is 4.90 Å². The van der Waals surface area contributed by atoms with Crippen LogP contribution in [0.3, 0.4) is 0 Å². The molecule has 0 atom stereocenters. The molecule has 0 radical (unpaired) electrons. The molecule has 0 aliphatic carbocycles. The van der Waals surface area contributed by atoms with Gasteiger partial charge in [0.25, 0.3) is 0 Å². The predicted octanol–water partition coefficient (Wildman–Crippen LogP) is -0.721. The molecule has 8 nitrogen and oxygen atoms in total. The Morgan fingerprint density at radius 1 is 1.40 bits per heavy atom. The van der Waals surface area contributed by atoms with Crippen LogP contribution < -0.4 is 5.32 Å². The van der Waals surface area contributed by atoms with E-state index < -0.39 is 5.97 Å². The zero-order chi connectivity index (χ0) is 14.3. The summed E-state index contributed by atoms with van der Waals surface area (Å²) in [6.07, 6.45) is 1.40. The first-order valence-electron chi connectivity index (χ1n) is 6.40. The van der Waals surface area contributed by atoms with Crippen LogP contribution in [0.1, 0.15) is 23.5 Å². The third kappa shape index (κ3) is 2.07. The van der Waals surface area contributed by atoms with Crippen LogP contribution in [-0.2, 0) is 4.79 Å². The van der Waals surface area contributed by atoms with Crippen LogP contribution in [-0.4, -0.2) is 63.1 Å². The Morgan fingerprint density at radius 3 is 2.60 bits per heavy atom. The summed E-state index contributed by atoms with van der Waals surface area (Å²) < 4.78 is 1.51. The molecule has 0 unspecified atom stereocenters. The second kappa shape index (κ2) is 4.71. The molecule has 2 N–H and O–H groups in total. The topological polar surface area (TPSA) is 100 Å². The quantitative estimate of drug-likeness (QED) is 0.707. The Hall–Kier alpha value is -2.22. The fraction of sp³-hybridized carbons (Fsp3) is 0.500. The molecule has 1 aromatic rings. The highest BCUT2D eigenvalue weighted by Crippen LogP contribution is 2.23. The van der Waals surface area contributed by atoms with E-state index in [1.165, 1.54) is 10.9 Å². The van der Waals surface area contributed by atoms with Gasteiger partial charge in [0.2, 0.25) is 5.91 Å². The summed E-state index contributed by atoms with van der Waals surface area (Å²) in [5, 5.41) is 19.3. The van der Waals surface area contributed by atoms with Gasteiger partial charge >= 0.3 is 5.97 Å². The van der Waals surface area contributed by atoms with Crippen LogP contribution in [0.15, 0.2) is 17.3 Å². The zero-order valence-electron chi connectivity index (χ0n) is 11.0. The fourth-order valence-electron chi connectivity index (χ4n) is 2.25.